The molecule has 0 aromatic carbocycles. The molecule has 0 unspecified atom stereocenters. The van der Waals surface area contributed by atoms with Crippen molar-refractivity contribution in [3.05, 3.63) is 0 Å². The van der Waals surface area contributed by atoms with Crippen molar-refractivity contribution in [2.45, 2.75) is 18.1 Å². The summed E-state index contributed by atoms with van der Waals surface area (Å²) < 4.78 is 79.3. The zero-order valence-corrected chi connectivity index (χ0v) is 7.11. The number of cyclic esters (lactones) is 1. The summed E-state index contributed by atoms with van der Waals surface area (Å²) in [4.78, 5) is 20.9. The molecule has 0 aromatic rings. The molecule has 4 nitrogen and oxygen atoms in total. The molecule has 0 aliphatic carbocycles. The molecule has 0 aromatic heterocycles. The number of alkyl halides is 6. The number of hydrogen-bond donors (Lipinski definition) is 0. The van der Waals surface area contributed by atoms with Gasteiger partial charge in [0.2, 0.25) is 0 Å². The Balaban J connectivity index is 3.19. The molecule has 0 spiro atoms. The quantitative estimate of drug-likeness (QED) is 0.366. The first-order chi connectivity index (χ1) is 7.01. The highest BCUT2D eigenvalue weighted by Crippen LogP contribution is 2.47. The lowest BCUT2D eigenvalue weighted by Gasteiger charge is -2.37. The third-order valence-electron chi connectivity index (χ3n) is 1.62. The minimum atomic E-state index is -6.03. The molecule has 1 fully saturated rings. The molecule has 1 rings (SSSR count). The van der Waals surface area contributed by atoms with Crippen LogP contribution in [0.3, 0.4) is 0 Å². The monoisotopic (exact) mass is 252 g/mol. The molecule has 16 heavy (non-hydrogen) atoms. The first-order valence-electron chi connectivity index (χ1n) is 3.55. The number of halogens is 6. The molecule has 0 saturated carbocycles. The minimum absolute atomic E-state index is 1.62. The Labute approximate surface area is 83.1 Å². The maximum Gasteiger partial charge on any atom is 0.465 e. The second kappa shape index (κ2) is 3.34. The van der Waals surface area contributed by atoms with Crippen LogP contribution in [0.4, 0.5) is 26.3 Å². The van der Waals surface area contributed by atoms with Crippen molar-refractivity contribution < 1.29 is 45.4 Å². The average Bonchev–Trinajstić information content (AvgIpc) is 2.05. The van der Waals surface area contributed by atoms with Gasteiger partial charge in [-0.15, -0.1) is 0 Å². The summed E-state index contributed by atoms with van der Waals surface area (Å²) >= 11 is 0. The summed E-state index contributed by atoms with van der Waals surface area (Å²) in [5.74, 6) is -8.92. The second-order valence-corrected chi connectivity index (χ2v) is 2.71. The highest BCUT2D eigenvalue weighted by molar-refractivity contribution is 6.34. The van der Waals surface area contributed by atoms with Crippen molar-refractivity contribution in [3.8, 4) is 0 Å². The Morgan fingerprint density at radius 2 is 1.44 bits per heavy atom. The summed E-state index contributed by atoms with van der Waals surface area (Å²) in [5, 5.41) is 0. The van der Waals surface area contributed by atoms with E-state index in [2.05, 4.69) is 9.47 Å². The molecule has 0 N–H and O–H groups in total. The van der Waals surface area contributed by atoms with E-state index in [9.17, 15) is 35.9 Å². The second-order valence-electron chi connectivity index (χ2n) is 2.71. The molecule has 0 bridgehead atoms. The lowest BCUT2D eigenvalue weighted by atomic mass is 10.2. The molecule has 0 atom stereocenters. The standard InChI is InChI=1S/C6H2F6O4/c7-5(8,9)4(6(10,11)12)15-1-2(13)3(14)16-4/h1H2. The molecule has 1 aliphatic rings. The van der Waals surface area contributed by atoms with Gasteiger partial charge in [-0.3, -0.25) is 4.79 Å². The van der Waals surface area contributed by atoms with E-state index in [1.165, 1.54) is 0 Å². The van der Waals surface area contributed by atoms with E-state index in [1.807, 2.05) is 0 Å². The molecule has 1 aliphatic heterocycles. The van der Waals surface area contributed by atoms with Gasteiger partial charge in [0.25, 0.3) is 5.78 Å². The fourth-order valence-electron chi connectivity index (χ4n) is 0.883. The van der Waals surface area contributed by atoms with Crippen LogP contribution in [-0.4, -0.2) is 36.5 Å². The first-order valence-corrected chi connectivity index (χ1v) is 3.55. The maximum atomic E-state index is 12.2. The fourth-order valence-corrected chi connectivity index (χ4v) is 0.883. The van der Waals surface area contributed by atoms with Gasteiger partial charge < -0.3 is 9.47 Å². The van der Waals surface area contributed by atoms with Gasteiger partial charge >= 0.3 is 24.1 Å². The molecular formula is C6H2F6O4. The molecule has 1 heterocycles. The van der Waals surface area contributed by atoms with E-state index in [4.69, 9.17) is 0 Å². The molecular weight excluding hydrogens is 250 g/mol. The van der Waals surface area contributed by atoms with Crippen LogP contribution in [-0.2, 0) is 19.1 Å². The van der Waals surface area contributed by atoms with Crippen LogP contribution in [0.5, 0.6) is 0 Å². The summed E-state index contributed by atoms with van der Waals surface area (Å²) in [6, 6.07) is 0. The van der Waals surface area contributed by atoms with E-state index in [0.717, 1.165) is 0 Å². The van der Waals surface area contributed by atoms with Crippen LogP contribution in [0.25, 0.3) is 0 Å². The predicted octanol–water partition coefficient (Wildman–Crippen LogP) is 0.950. The van der Waals surface area contributed by atoms with Crippen molar-refractivity contribution >= 4 is 11.8 Å². The first kappa shape index (κ1) is 12.7. The highest BCUT2D eigenvalue weighted by atomic mass is 19.4. The zero-order chi connectivity index (χ0) is 12.8. The maximum absolute atomic E-state index is 12.2. The van der Waals surface area contributed by atoms with Gasteiger partial charge in [0.15, 0.2) is 0 Å². The zero-order valence-electron chi connectivity index (χ0n) is 7.11. The van der Waals surface area contributed by atoms with Gasteiger partial charge in [0.05, 0.1) is 0 Å². The van der Waals surface area contributed by atoms with Gasteiger partial charge in [-0.25, -0.2) is 4.79 Å². The average molecular weight is 252 g/mol. The number of ketones is 1. The number of esters is 1. The van der Waals surface area contributed by atoms with Crippen molar-refractivity contribution in [1.29, 1.82) is 0 Å². The number of Topliss-reactive ketones (excluding diaryl/α,β-unsaturated/α-hetero) is 1. The van der Waals surface area contributed by atoms with E-state index in [1.54, 1.807) is 0 Å². The largest absolute Gasteiger partial charge is 0.465 e. The molecule has 10 heteroatoms. The third kappa shape index (κ3) is 1.72. The van der Waals surface area contributed by atoms with Crippen LogP contribution in [0, 0.1) is 0 Å². The van der Waals surface area contributed by atoms with Crippen LogP contribution in [0.15, 0.2) is 0 Å². The topological polar surface area (TPSA) is 52.6 Å². The Morgan fingerprint density at radius 3 is 1.75 bits per heavy atom. The van der Waals surface area contributed by atoms with Crippen molar-refractivity contribution in [2.75, 3.05) is 6.61 Å². The lowest BCUT2D eigenvalue weighted by molar-refractivity contribution is -0.457. The number of ether oxygens (including phenoxy) is 2. The molecule has 0 radical (unpaired) electrons. The highest BCUT2D eigenvalue weighted by Gasteiger charge is 2.78. The van der Waals surface area contributed by atoms with Gasteiger partial charge in [0, 0.05) is 0 Å². The summed E-state index contributed by atoms with van der Waals surface area (Å²) in [6.45, 7) is -1.64. The van der Waals surface area contributed by atoms with Crippen molar-refractivity contribution in [2.24, 2.45) is 0 Å². The van der Waals surface area contributed by atoms with Gasteiger partial charge in [-0.05, 0) is 0 Å². The summed E-state index contributed by atoms with van der Waals surface area (Å²) in [5.41, 5.74) is 0. The fraction of sp³-hybridized carbons (Fsp3) is 0.667. The minimum Gasteiger partial charge on any atom is -0.410 e. The van der Waals surface area contributed by atoms with Gasteiger partial charge in [-0.2, -0.15) is 26.3 Å². The van der Waals surface area contributed by atoms with Gasteiger partial charge in [0.1, 0.15) is 6.61 Å². The van der Waals surface area contributed by atoms with Crippen LogP contribution in [0.2, 0.25) is 0 Å². The van der Waals surface area contributed by atoms with Crippen LogP contribution in [0.1, 0.15) is 0 Å². The number of carbonyl (C=O) groups excluding carboxylic acids is 2. The predicted molar refractivity (Wildman–Crippen MR) is 31.9 cm³/mol. The molecule has 1 saturated heterocycles. The number of hydrogen-bond acceptors (Lipinski definition) is 4. The van der Waals surface area contributed by atoms with E-state index in [0.29, 0.717) is 0 Å². The Hall–Kier alpha value is -1.32. The normalized spacial score (nSPS) is 21.9. The lowest BCUT2D eigenvalue weighted by Crippen LogP contribution is -2.65. The van der Waals surface area contributed by atoms with E-state index < -0.39 is 36.5 Å². The van der Waals surface area contributed by atoms with E-state index >= 15 is 0 Å². The van der Waals surface area contributed by atoms with Crippen LogP contribution >= 0.6 is 0 Å². The third-order valence-corrected chi connectivity index (χ3v) is 1.62. The van der Waals surface area contributed by atoms with Crippen molar-refractivity contribution in [1.82, 2.24) is 0 Å². The van der Waals surface area contributed by atoms with Crippen LogP contribution < -0.4 is 0 Å². The molecule has 92 valence electrons. The van der Waals surface area contributed by atoms with Gasteiger partial charge in [-0.1, -0.05) is 0 Å². The smallest absolute Gasteiger partial charge is 0.410 e. The number of carbonyl (C=O) groups is 2. The number of rotatable bonds is 0. The summed E-state index contributed by atoms with van der Waals surface area (Å²) in [6.07, 6.45) is -12.1. The van der Waals surface area contributed by atoms with E-state index in [-0.39, 0.29) is 0 Å². The molecule has 0 amide bonds. The Kier molecular flexibility index (Phi) is 2.66. The SMILES string of the molecule is O=C1COC(C(F)(F)F)(C(F)(F)F)OC1=O. The Bertz CT molecular complexity index is 315. The Morgan fingerprint density at radius 1 is 1.00 bits per heavy atom. The summed E-state index contributed by atoms with van der Waals surface area (Å²) in [7, 11) is 0. The van der Waals surface area contributed by atoms with Crippen molar-refractivity contribution in [3.63, 3.8) is 0 Å².